The van der Waals surface area contributed by atoms with Gasteiger partial charge in [-0.05, 0) is 0 Å². The third-order valence-electron chi connectivity index (χ3n) is 4.11. The van der Waals surface area contributed by atoms with Gasteiger partial charge < -0.3 is 0 Å². The average molecular weight is 423 g/mol. The van der Waals surface area contributed by atoms with E-state index in [2.05, 4.69) is 89.5 Å². The number of fused-ring (bicyclic) bond motifs is 1. The van der Waals surface area contributed by atoms with E-state index in [0.29, 0.717) is 15.0 Å². The van der Waals surface area contributed by atoms with E-state index in [1.54, 1.807) is 11.8 Å². The molecular formula is C22H20N2SSe. The standard InChI is InChI=1S/C22H20N2SSe/c1-3-10-18(11-4-1)25-22-23-20-14-7-8-15-21(20)24(22)16-9-17-26-19-12-5-2-6-13-19/h1-8,10-15H,9,16-17H2. The van der Waals surface area contributed by atoms with Crippen LogP contribution < -0.4 is 4.46 Å². The zero-order valence-electron chi connectivity index (χ0n) is 14.4. The molecule has 2 nitrogen and oxygen atoms in total. The van der Waals surface area contributed by atoms with Crippen LogP contribution in [0, 0.1) is 0 Å². The quantitative estimate of drug-likeness (QED) is 0.307. The summed E-state index contributed by atoms with van der Waals surface area (Å²) in [5.74, 6) is 0. The Hall–Kier alpha value is -2.00. The minimum atomic E-state index is 0.546. The van der Waals surface area contributed by atoms with Crippen LogP contribution in [-0.4, -0.2) is 24.5 Å². The van der Waals surface area contributed by atoms with Gasteiger partial charge >= 0.3 is 165 Å². The van der Waals surface area contributed by atoms with Crippen molar-refractivity contribution in [3.63, 3.8) is 0 Å². The van der Waals surface area contributed by atoms with Crippen molar-refractivity contribution in [3.8, 4) is 0 Å². The van der Waals surface area contributed by atoms with Gasteiger partial charge in [-0.1, -0.05) is 0 Å². The number of hydrogen-bond donors (Lipinski definition) is 0. The van der Waals surface area contributed by atoms with E-state index in [1.807, 2.05) is 0 Å². The molecule has 4 rings (SSSR count). The van der Waals surface area contributed by atoms with Crippen LogP contribution >= 0.6 is 11.8 Å². The molecule has 0 N–H and O–H groups in total. The molecule has 0 aliphatic carbocycles. The van der Waals surface area contributed by atoms with Crippen molar-refractivity contribution in [1.82, 2.24) is 9.55 Å². The van der Waals surface area contributed by atoms with Crippen LogP contribution in [0.3, 0.4) is 0 Å². The summed E-state index contributed by atoms with van der Waals surface area (Å²) >= 11 is 2.30. The number of para-hydroxylation sites is 2. The maximum absolute atomic E-state index is 4.88. The molecule has 0 amide bonds. The van der Waals surface area contributed by atoms with Crippen molar-refractivity contribution >= 4 is 42.2 Å². The van der Waals surface area contributed by atoms with Crippen LogP contribution in [-0.2, 0) is 6.54 Å². The van der Waals surface area contributed by atoms with E-state index >= 15 is 0 Å². The molecule has 4 heteroatoms. The van der Waals surface area contributed by atoms with Crippen LogP contribution in [0.25, 0.3) is 11.0 Å². The summed E-state index contributed by atoms with van der Waals surface area (Å²) in [6.07, 6.45) is 1.18. The molecule has 1 heterocycles. The van der Waals surface area contributed by atoms with E-state index in [0.717, 1.165) is 17.2 Å². The average Bonchev–Trinajstić information content (AvgIpc) is 3.04. The van der Waals surface area contributed by atoms with Gasteiger partial charge in [0.15, 0.2) is 0 Å². The van der Waals surface area contributed by atoms with Gasteiger partial charge in [0.1, 0.15) is 0 Å². The molecule has 26 heavy (non-hydrogen) atoms. The van der Waals surface area contributed by atoms with Crippen LogP contribution in [0.4, 0.5) is 0 Å². The van der Waals surface area contributed by atoms with Crippen LogP contribution in [0.15, 0.2) is 95.0 Å². The molecule has 3 aromatic carbocycles. The summed E-state index contributed by atoms with van der Waals surface area (Å²) in [6, 6.07) is 29.8. The normalized spacial score (nSPS) is 11.1. The molecule has 0 atom stereocenters. The molecule has 0 aliphatic heterocycles. The number of hydrogen-bond acceptors (Lipinski definition) is 2. The van der Waals surface area contributed by atoms with E-state index < -0.39 is 0 Å². The number of imidazole rings is 1. The Kier molecular flexibility index (Phi) is 5.75. The second-order valence-electron chi connectivity index (χ2n) is 5.96. The first-order valence-electron chi connectivity index (χ1n) is 8.76. The third-order valence-corrected chi connectivity index (χ3v) is 7.42. The molecule has 0 unspecified atom stereocenters. The van der Waals surface area contributed by atoms with Crippen molar-refractivity contribution in [3.05, 3.63) is 84.9 Å². The van der Waals surface area contributed by atoms with E-state index in [1.165, 1.54) is 26.6 Å². The predicted molar refractivity (Wildman–Crippen MR) is 112 cm³/mol. The second-order valence-corrected chi connectivity index (χ2v) is 9.46. The molecule has 130 valence electrons. The second kappa shape index (κ2) is 8.59. The molecule has 0 spiro atoms. The molecule has 1 aromatic heterocycles. The Balaban J connectivity index is 1.50. The first-order chi connectivity index (χ1) is 12.9. The molecule has 0 bridgehead atoms. The van der Waals surface area contributed by atoms with Gasteiger partial charge in [-0.2, -0.15) is 0 Å². The van der Waals surface area contributed by atoms with Gasteiger partial charge in [-0.15, -0.1) is 0 Å². The number of nitrogens with zero attached hydrogens (tertiary/aromatic N) is 2. The summed E-state index contributed by atoms with van der Waals surface area (Å²) in [5, 5.41) is 2.34. The zero-order valence-corrected chi connectivity index (χ0v) is 16.9. The van der Waals surface area contributed by atoms with Gasteiger partial charge in [-0.3, -0.25) is 0 Å². The number of aromatic nitrogens is 2. The SMILES string of the molecule is c1ccc(Sc2nc3ccccc3n2CCC[Se]c2ccccc2)cc1. The van der Waals surface area contributed by atoms with Crippen molar-refractivity contribution < 1.29 is 0 Å². The van der Waals surface area contributed by atoms with Crippen molar-refractivity contribution in [2.75, 3.05) is 0 Å². The molecule has 4 aromatic rings. The van der Waals surface area contributed by atoms with Crippen LogP contribution in [0.2, 0.25) is 5.32 Å². The summed E-state index contributed by atoms with van der Waals surface area (Å²) in [7, 11) is 0. The fraction of sp³-hybridized carbons (Fsp3) is 0.136. The van der Waals surface area contributed by atoms with Crippen molar-refractivity contribution in [2.24, 2.45) is 0 Å². The Morgan fingerprint density at radius 2 is 1.50 bits per heavy atom. The van der Waals surface area contributed by atoms with Gasteiger partial charge in [0.2, 0.25) is 0 Å². The van der Waals surface area contributed by atoms with E-state index in [9.17, 15) is 0 Å². The van der Waals surface area contributed by atoms with Gasteiger partial charge in [-0.25, -0.2) is 0 Å². The Labute approximate surface area is 164 Å². The first kappa shape index (κ1) is 17.4. The molecular weight excluding hydrogens is 403 g/mol. The fourth-order valence-corrected chi connectivity index (χ4v) is 5.62. The maximum atomic E-state index is 4.88. The fourth-order valence-electron chi connectivity index (χ4n) is 2.87. The molecule has 0 radical (unpaired) electrons. The van der Waals surface area contributed by atoms with Crippen LogP contribution in [0.1, 0.15) is 6.42 Å². The van der Waals surface area contributed by atoms with Crippen molar-refractivity contribution in [1.29, 1.82) is 0 Å². The van der Waals surface area contributed by atoms with E-state index in [-0.39, 0.29) is 0 Å². The predicted octanol–water partition coefficient (Wildman–Crippen LogP) is 5.03. The minimum absolute atomic E-state index is 0.546. The summed E-state index contributed by atoms with van der Waals surface area (Å²) in [5.41, 5.74) is 2.32. The molecule has 0 aliphatic rings. The van der Waals surface area contributed by atoms with Gasteiger partial charge in [0, 0.05) is 0 Å². The summed E-state index contributed by atoms with van der Waals surface area (Å²) in [6.45, 7) is 1.02. The van der Waals surface area contributed by atoms with Crippen molar-refractivity contribution in [2.45, 2.75) is 28.3 Å². The third kappa shape index (κ3) is 4.21. The van der Waals surface area contributed by atoms with Gasteiger partial charge in [0.25, 0.3) is 0 Å². The van der Waals surface area contributed by atoms with Crippen LogP contribution in [0.5, 0.6) is 0 Å². The zero-order chi connectivity index (χ0) is 17.6. The number of aryl methyl sites for hydroxylation is 1. The Bertz CT molecular complexity index is 967. The van der Waals surface area contributed by atoms with E-state index in [4.69, 9.17) is 4.98 Å². The molecule has 0 saturated carbocycles. The molecule has 0 saturated heterocycles. The Morgan fingerprint density at radius 1 is 0.808 bits per heavy atom. The van der Waals surface area contributed by atoms with Gasteiger partial charge in [0.05, 0.1) is 0 Å². The summed E-state index contributed by atoms with van der Waals surface area (Å²) < 4.78 is 3.86. The molecule has 0 fully saturated rings. The monoisotopic (exact) mass is 424 g/mol. The number of benzene rings is 3. The summed E-state index contributed by atoms with van der Waals surface area (Å²) in [4.78, 5) is 6.11. The topological polar surface area (TPSA) is 17.8 Å². The Morgan fingerprint density at radius 3 is 2.31 bits per heavy atom. The first-order valence-corrected chi connectivity index (χ1v) is 11.6. The number of rotatable bonds is 7.